The number of thioether (sulfide) groups is 1. The number of ether oxygens (including phenoxy) is 1. The van der Waals surface area contributed by atoms with Gasteiger partial charge in [-0.25, -0.2) is 0 Å². The molecule has 8 heteroatoms. The number of likely N-dealkylation sites (tertiary alicyclic amines) is 1. The normalized spacial score (nSPS) is 18.4. The largest absolute Gasteiger partial charge is 0.496 e. The van der Waals surface area contributed by atoms with Crippen molar-refractivity contribution >= 4 is 40.9 Å². The van der Waals surface area contributed by atoms with E-state index in [0.717, 1.165) is 38.9 Å². The first-order chi connectivity index (χ1) is 15.5. The molecule has 0 bridgehead atoms. The number of rotatable bonds is 8. The predicted molar refractivity (Wildman–Crippen MR) is 129 cm³/mol. The van der Waals surface area contributed by atoms with Gasteiger partial charge in [-0.3, -0.25) is 14.5 Å². The number of benzene rings is 2. The van der Waals surface area contributed by atoms with Gasteiger partial charge in [-0.1, -0.05) is 23.7 Å². The molecule has 32 heavy (non-hydrogen) atoms. The van der Waals surface area contributed by atoms with Gasteiger partial charge in [0.2, 0.25) is 5.91 Å². The van der Waals surface area contributed by atoms with E-state index in [1.54, 1.807) is 23.9 Å². The molecule has 4 rings (SSSR count). The number of nitrogens with one attached hydrogen (secondary N) is 2. The number of carbonyl (C=O) groups excluding carboxylic acids is 2. The highest BCUT2D eigenvalue weighted by Crippen LogP contribution is 2.34. The molecule has 2 fully saturated rings. The van der Waals surface area contributed by atoms with Gasteiger partial charge in [0.15, 0.2) is 0 Å². The number of halogens is 1. The Bertz CT molecular complexity index is 995. The maximum Gasteiger partial charge on any atom is 0.255 e. The summed E-state index contributed by atoms with van der Waals surface area (Å²) in [7, 11) is 1.51. The summed E-state index contributed by atoms with van der Waals surface area (Å²) in [5, 5.41) is 6.27. The summed E-state index contributed by atoms with van der Waals surface area (Å²) in [5.41, 5.74) is 2.11. The van der Waals surface area contributed by atoms with Crippen molar-refractivity contribution in [2.24, 2.45) is 5.92 Å². The first-order valence-corrected chi connectivity index (χ1v) is 12.4. The second kappa shape index (κ2) is 10.1. The first kappa shape index (κ1) is 23.0. The van der Waals surface area contributed by atoms with Crippen LogP contribution in [0.15, 0.2) is 41.3 Å². The molecule has 1 atom stereocenters. The van der Waals surface area contributed by atoms with Crippen LogP contribution in [0.2, 0.25) is 5.02 Å². The van der Waals surface area contributed by atoms with E-state index in [1.807, 2.05) is 0 Å². The molecule has 1 saturated heterocycles. The third kappa shape index (κ3) is 5.57. The second-order valence-electron chi connectivity index (χ2n) is 8.34. The summed E-state index contributed by atoms with van der Waals surface area (Å²) in [4.78, 5) is 28.6. The summed E-state index contributed by atoms with van der Waals surface area (Å²) in [6, 6.07) is 11.9. The van der Waals surface area contributed by atoms with E-state index in [4.69, 9.17) is 16.3 Å². The van der Waals surface area contributed by atoms with Crippen molar-refractivity contribution in [1.29, 1.82) is 0 Å². The van der Waals surface area contributed by atoms with E-state index < -0.39 is 0 Å². The number of methoxy groups -OCH3 is 1. The molecule has 6 nitrogen and oxygen atoms in total. The summed E-state index contributed by atoms with van der Waals surface area (Å²) < 4.78 is 5.42. The minimum absolute atomic E-state index is 0.0414. The number of anilines is 1. The van der Waals surface area contributed by atoms with Crippen molar-refractivity contribution in [3.05, 3.63) is 52.5 Å². The van der Waals surface area contributed by atoms with Crippen LogP contribution in [0, 0.1) is 5.92 Å². The lowest BCUT2D eigenvalue weighted by molar-refractivity contribution is -0.117. The molecule has 0 spiro atoms. The quantitative estimate of drug-likeness (QED) is 0.555. The molecule has 0 unspecified atom stereocenters. The molecule has 1 aliphatic carbocycles. The standard InChI is InChI=1S/C24H28ClN3O3S/c1-31-22-12-21(27-23(29)16-5-6-16)20(25)11-19(22)24(30)26-17-9-10-28(14-17)13-15-3-7-18(32-2)8-4-15/h3-4,7-8,11-12,16-17H,5-6,9-10,13-14H2,1-2H3,(H,26,30)(H,27,29)/t17-/m0/s1. The molecule has 1 heterocycles. The second-order valence-corrected chi connectivity index (χ2v) is 9.62. The van der Waals surface area contributed by atoms with Crippen LogP contribution in [0.3, 0.4) is 0 Å². The Kier molecular flexibility index (Phi) is 7.28. The van der Waals surface area contributed by atoms with E-state index >= 15 is 0 Å². The number of hydrogen-bond donors (Lipinski definition) is 2. The van der Waals surface area contributed by atoms with Gasteiger partial charge in [0.1, 0.15) is 5.75 Å². The molecular weight excluding hydrogens is 446 g/mol. The predicted octanol–water partition coefficient (Wildman–Crippen LogP) is 4.42. The Hall–Kier alpha value is -2.22. The molecule has 0 aromatic heterocycles. The number of hydrogen-bond acceptors (Lipinski definition) is 5. The summed E-state index contributed by atoms with van der Waals surface area (Å²) >= 11 is 8.10. The Morgan fingerprint density at radius 3 is 2.59 bits per heavy atom. The van der Waals surface area contributed by atoms with Crippen molar-refractivity contribution < 1.29 is 14.3 Å². The van der Waals surface area contributed by atoms with Gasteiger partial charge in [0.25, 0.3) is 5.91 Å². The van der Waals surface area contributed by atoms with Crippen LogP contribution in [0.4, 0.5) is 5.69 Å². The molecule has 2 aromatic rings. The maximum atomic E-state index is 13.0. The van der Waals surface area contributed by atoms with Gasteiger partial charge in [-0.2, -0.15) is 0 Å². The van der Waals surface area contributed by atoms with Crippen LogP contribution in [0.25, 0.3) is 0 Å². The number of nitrogens with zero attached hydrogens (tertiary/aromatic N) is 1. The van der Waals surface area contributed by atoms with Crippen LogP contribution in [0.5, 0.6) is 5.75 Å². The van der Waals surface area contributed by atoms with Crippen molar-refractivity contribution in [3.8, 4) is 5.75 Å². The van der Waals surface area contributed by atoms with Crippen LogP contribution in [-0.4, -0.2) is 49.2 Å². The lowest BCUT2D eigenvalue weighted by atomic mass is 10.1. The van der Waals surface area contributed by atoms with Crippen molar-refractivity contribution in [3.63, 3.8) is 0 Å². The van der Waals surface area contributed by atoms with Gasteiger partial charge in [-0.05, 0) is 49.3 Å². The minimum atomic E-state index is -0.222. The average molecular weight is 474 g/mol. The maximum absolute atomic E-state index is 13.0. The highest BCUT2D eigenvalue weighted by molar-refractivity contribution is 7.98. The Morgan fingerprint density at radius 2 is 1.94 bits per heavy atom. The van der Waals surface area contributed by atoms with Crippen molar-refractivity contribution in [2.75, 3.05) is 31.8 Å². The lowest BCUT2D eigenvalue weighted by Crippen LogP contribution is -2.37. The smallest absolute Gasteiger partial charge is 0.255 e. The molecule has 1 saturated carbocycles. The molecule has 0 radical (unpaired) electrons. The molecule has 2 N–H and O–H groups in total. The van der Waals surface area contributed by atoms with Crippen molar-refractivity contribution in [2.45, 2.75) is 36.7 Å². The van der Waals surface area contributed by atoms with Gasteiger partial charge in [-0.15, -0.1) is 11.8 Å². The van der Waals surface area contributed by atoms with Crippen LogP contribution >= 0.6 is 23.4 Å². The van der Waals surface area contributed by atoms with E-state index in [1.165, 1.54) is 17.6 Å². The van der Waals surface area contributed by atoms with Crippen molar-refractivity contribution in [1.82, 2.24) is 10.2 Å². The highest BCUT2D eigenvalue weighted by Gasteiger charge is 2.30. The number of amides is 2. The Balaban J connectivity index is 1.36. The fraction of sp³-hybridized carbons (Fsp3) is 0.417. The topological polar surface area (TPSA) is 70.7 Å². The van der Waals surface area contributed by atoms with Crippen LogP contribution < -0.4 is 15.4 Å². The molecule has 170 valence electrons. The average Bonchev–Trinajstić information content (AvgIpc) is 3.56. The summed E-state index contributed by atoms with van der Waals surface area (Å²) in [6.07, 6.45) is 4.77. The SMILES string of the molecule is COc1cc(NC(=O)C2CC2)c(Cl)cc1C(=O)N[C@H]1CCN(Cc2ccc(SC)cc2)C1. The first-order valence-electron chi connectivity index (χ1n) is 10.8. The zero-order valence-corrected chi connectivity index (χ0v) is 19.9. The fourth-order valence-corrected chi connectivity index (χ4v) is 4.54. The zero-order valence-electron chi connectivity index (χ0n) is 18.3. The Labute approximate surface area is 198 Å². The third-order valence-corrected chi connectivity index (χ3v) is 6.97. The third-order valence-electron chi connectivity index (χ3n) is 5.91. The van der Waals surface area contributed by atoms with Gasteiger partial charge < -0.3 is 15.4 Å². The molecule has 2 amide bonds. The monoisotopic (exact) mass is 473 g/mol. The molecule has 1 aliphatic heterocycles. The minimum Gasteiger partial charge on any atom is -0.496 e. The fourth-order valence-electron chi connectivity index (χ4n) is 3.92. The van der Waals surface area contributed by atoms with Gasteiger partial charge in [0.05, 0.1) is 23.4 Å². The van der Waals surface area contributed by atoms with E-state index in [0.29, 0.717) is 22.0 Å². The highest BCUT2D eigenvalue weighted by atomic mass is 35.5. The zero-order chi connectivity index (χ0) is 22.7. The van der Waals surface area contributed by atoms with Gasteiger partial charge in [0, 0.05) is 42.6 Å². The van der Waals surface area contributed by atoms with Crippen LogP contribution in [0.1, 0.15) is 35.2 Å². The summed E-state index contributed by atoms with van der Waals surface area (Å²) in [5.74, 6) is 0.191. The Morgan fingerprint density at radius 1 is 1.19 bits per heavy atom. The summed E-state index contributed by atoms with van der Waals surface area (Å²) in [6.45, 7) is 2.59. The van der Waals surface area contributed by atoms with E-state index in [2.05, 4.69) is 46.1 Å². The van der Waals surface area contributed by atoms with Crippen LogP contribution in [-0.2, 0) is 11.3 Å². The van der Waals surface area contributed by atoms with E-state index in [-0.39, 0.29) is 23.8 Å². The molecular formula is C24H28ClN3O3S. The molecule has 2 aromatic carbocycles. The van der Waals surface area contributed by atoms with E-state index in [9.17, 15) is 9.59 Å². The molecule has 2 aliphatic rings. The lowest BCUT2D eigenvalue weighted by Gasteiger charge is -2.18. The van der Waals surface area contributed by atoms with Gasteiger partial charge >= 0.3 is 0 Å². The number of carbonyl (C=O) groups is 2.